The molecule has 0 N–H and O–H groups in total. The number of furan rings is 1. The SMILES string of the molecule is COCOc1cc(=O)oc2ccc(-c3ccc(/C=C4/SC(=S)N(C5CC6CCC5C6)C4=O)o3)cc12. The van der Waals surface area contributed by atoms with E-state index >= 15 is 0 Å². The molecule has 2 bridgehead atoms. The quantitative estimate of drug-likeness (QED) is 0.188. The summed E-state index contributed by atoms with van der Waals surface area (Å²) in [6, 6.07) is 10.6. The summed E-state index contributed by atoms with van der Waals surface area (Å²) in [5.74, 6) is 2.86. The Morgan fingerprint density at radius 3 is 2.80 bits per heavy atom. The molecule has 7 nitrogen and oxygen atoms in total. The topological polar surface area (TPSA) is 82.1 Å². The number of benzene rings is 1. The summed E-state index contributed by atoms with van der Waals surface area (Å²) in [6.07, 6.45) is 6.52. The van der Waals surface area contributed by atoms with E-state index in [-0.39, 0.29) is 18.7 Å². The summed E-state index contributed by atoms with van der Waals surface area (Å²) in [6.45, 7) is 0.00802. The van der Waals surface area contributed by atoms with Gasteiger partial charge in [0.05, 0.1) is 16.4 Å². The molecule has 3 unspecified atom stereocenters. The van der Waals surface area contributed by atoms with Crippen LogP contribution >= 0.6 is 24.0 Å². The number of rotatable bonds is 6. The molecule has 9 heteroatoms. The molecule has 6 rings (SSSR count). The number of nitrogens with zero attached hydrogens (tertiary/aromatic N) is 1. The van der Waals surface area contributed by atoms with Crippen molar-refractivity contribution in [1.82, 2.24) is 4.90 Å². The van der Waals surface area contributed by atoms with E-state index < -0.39 is 5.63 Å². The maximum atomic E-state index is 13.2. The molecule has 3 atom stereocenters. The van der Waals surface area contributed by atoms with E-state index in [1.165, 1.54) is 44.2 Å². The first kappa shape index (κ1) is 22.6. The number of thiocarbonyl (C=S) groups is 1. The predicted molar refractivity (Wildman–Crippen MR) is 137 cm³/mol. The van der Waals surface area contributed by atoms with Gasteiger partial charge in [0.25, 0.3) is 5.91 Å². The summed E-state index contributed by atoms with van der Waals surface area (Å²) in [5, 5.41) is 0.629. The highest BCUT2D eigenvalue weighted by atomic mass is 32.2. The van der Waals surface area contributed by atoms with E-state index in [1.54, 1.807) is 12.1 Å². The number of fused-ring (bicyclic) bond motifs is 3. The molecule has 3 fully saturated rings. The summed E-state index contributed by atoms with van der Waals surface area (Å²) >= 11 is 6.93. The second kappa shape index (κ2) is 8.96. The largest absolute Gasteiger partial charge is 0.467 e. The van der Waals surface area contributed by atoms with Gasteiger partial charge < -0.3 is 18.3 Å². The minimum atomic E-state index is -0.501. The van der Waals surface area contributed by atoms with Gasteiger partial charge in [-0.2, -0.15) is 0 Å². The van der Waals surface area contributed by atoms with Crippen LogP contribution < -0.4 is 10.4 Å². The van der Waals surface area contributed by atoms with Crippen molar-refractivity contribution in [3.05, 3.63) is 57.5 Å². The molecule has 1 aromatic carbocycles. The Bertz CT molecular complexity index is 1420. The summed E-state index contributed by atoms with van der Waals surface area (Å²) in [7, 11) is 1.51. The van der Waals surface area contributed by atoms with Crippen molar-refractivity contribution >= 4 is 51.3 Å². The van der Waals surface area contributed by atoms with Crippen molar-refractivity contribution in [3.63, 3.8) is 0 Å². The second-order valence-electron chi connectivity index (χ2n) is 9.19. The number of ether oxygens (including phenoxy) is 2. The number of hydrogen-bond donors (Lipinski definition) is 0. The van der Waals surface area contributed by atoms with Gasteiger partial charge in [0.2, 0.25) is 0 Å². The van der Waals surface area contributed by atoms with E-state index in [9.17, 15) is 9.59 Å². The molecular weight excluding hydrogens is 486 g/mol. The van der Waals surface area contributed by atoms with Gasteiger partial charge >= 0.3 is 5.63 Å². The fourth-order valence-electron chi connectivity index (χ4n) is 5.54. The Labute approximate surface area is 211 Å². The molecule has 0 spiro atoms. The van der Waals surface area contributed by atoms with Gasteiger partial charge in [0.1, 0.15) is 27.2 Å². The molecule has 35 heavy (non-hydrogen) atoms. The molecule has 0 radical (unpaired) electrons. The Morgan fingerprint density at radius 2 is 2.03 bits per heavy atom. The smallest absolute Gasteiger partial charge is 0.339 e. The number of methoxy groups -OCH3 is 1. The third kappa shape index (κ3) is 4.11. The van der Waals surface area contributed by atoms with Crippen LogP contribution in [0.4, 0.5) is 0 Å². The highest BCUT2D eigenvalue weighted by molar-refractivity contribution is 8.26. The summed E-state index contributed by atoms with van der Waals surface area (Å²) < 4.78 is 22.5. The Kier molecular flexibility index (Phi) is 5.78. The minimum absolute atomic E-state index is 0.00802. The van der Waals surface area contributed by atoms with Crippen molar-refractivity contribution in [2.24, 2.45) is 11.8 Å². The maximum absolute atomic E-state index is 13.2. The van der Waals surface area contributed by atoms with Crippen molar-refractivity contribution in [1.29, 1.82) is 0 Å². The number of carbonyl (C=O) groups is 1. The molecule has 3 aromatic rings. The molecule has 2 aliphatic carbocycles. The number of thioether (sulfide) groups is 1. The molecule has 1 saturated heterocycles. The first-order valence-corrected chi connectivity index (χ1v) is 12.8. The average molecular weight is 510 g/mol. The van der Waals surface area contributed by atoms with Crippen LogP contribution in [0, 0.1) is 11.8 Å². The monoisotopic (exact) mass is 509 g/mol. The lowest BCUT2D eigenvalue weighted by Crippen LogP contribution is -2.41. The average Bonchev–Trinajstić information content (AvgIpc) is 3.63. The standard InChI is InChI=1S/C26H23NO6S2/c1-30-13-31-22-12-24(28)33-21-6-4-16(10-18(21)22)20-7-5-17(32-20)11-23-25(29)27(26(34)35-23)19-9-14-2-3-15(19)8-14/h4-7,10-12,14-15,19H,2-3,8-9,13H2,1H3/b23-11+. The van der Waals surface area contributed by atoms with Crippen LogP contribution in [0.15, 0.2) is 54.9 Å². The number of hydrogen-bond acceptors (Lipinski definition) is 8. The minimum Gasteiger partial charge on any atom is -0.467 e. The molecule has 180 valence electrons. The zero-order chi connectivity index (χ0) is 24.1. The van der Waals surface area contributed by atoms with Gasteiger partial charge in [-0.1, -0.05) is 30.4 Å². The van der Waals surface area contributed by atoms with Gasteiger partial charge in [0, 0.05) is 24.8 Å². The Hall–Kier alpha value is -2.88. The number of carbonyl (C=O) groups excluding carboxylic acids is 1. The summed E-state index contributed by atoms with van der Waals surface area (Å²) in [5.41, 5.74) is 0.686. The molecule has 1 amide bonds. The van der Waals surface area contributed by atoms with E-state index in [4.69, 9.17) is 30.5 Å². The van der Waals surface area contributed by atoms with E-state index in [0.717, 1.165) is 17.9 Å². The van der Waals surface area contributed by atoms with Crippen LogP contribution in [0.3, 0.4) is 0 Å². The fraction of sp³-hybridized carbons (Fsp3) is 0.346. The van der Waals surface area contributed by atoms with E-state index in [0.29, 0.717) is 43.4 Å². The van der Waals surface area contributed by atoms with Gasteiger partial charge in [-0.25, -0.2) is 4.79 Å². The summed E-state index contributed by atoms with van der Waals surface area (Å²) in [4.78, 5) is 27.5. The zero-order valence-electron chi connectivity index (χ0n) is 19.0. The molecule has 3 aliphatic rings. The Balaban J connectivity index is 1.26. The van der Waals surface area contributed by atoms with E-state index in [2.05, 4.69) is 0 Å². The van der Waals surface area contributed by atoms with Gasteiger partial charge in [-0.3, -0.25) is 9.69 Å². The maximum Gasteiger partial charge on any atom is 0.339 e. The first-order chi connectivity index (χ1) is 17.0. The Morgan fingerprint density at radius 1 is 1.14 bits per heavy atom. The molecule has 1 aliphatic heterocycles. The lowest BCUT2D eigenvalue weighted by Gasteiger charge is -2.30. The van der Waals surface area contributed by atoms with Gasteiger partial charge in [-0.05, 0) is 61.4 Å². The van der Waals surface area contributed by atoms with Crippen LogP contribution in [-0.2, 0) is 9.53 Å². The second-order valence-corrected chi connectivity index (χ2v) is 10.9. The van der Waals surface area contributed by atoms with Crippen molar-refractivity contribution in [2.45, 2.75) is 31.7 Å². The van der Waals surface area contributed by atoms with Crippen LogP contribution in [0.5, 0.6) is 5.75 Å². The predicted octanol–water partition coefficient (Wildman–Crippen LogP) is 5.43. The third-order valence-corrected chi connectivity index (χ3v) is 8.41. The fourth-order valence-corrected chi connectivity index (χ4v) is 6.89. The van der Waals surface area contributed by atoms with Crippen molar-refractivity contribution in [3.8, 4) is 17.1 Å². The normalized spacial score (nSPS) is 24.9. The lowest BCUT2D eigenvalue weighted by molar-refractivity contribution is -0.124. The zero-order valence-corrected chi connectivity index (χ0v) is 20.7. The van der Waals surface area contributed by atoms with Crippen LogP contribution in [0.25, 0.3) is 28.4 Å². The number of amides is 1. The van der Waals surface area contributed by atoms with Gasteiger partial charge in [0.15, 0.2) is 6.79 Å². The molecule has 2 saturated carbocycles. The van der Waals surface area contributed by atoms with Crippen molar-refractivity contribution in [2.75, 3.05) is 13.9 Å². The van der Waals surface area contributed by atoms with Crippen molar-refractivity contribution < 1.29 is 23.1 Å². The molecule has 3 heterocycles. The van der Waals surface area contributed by atoms with Crippen LogP contribution in [0.1, 0.15) is 31.4 Å². The van der Waals surface area contributed by atoms with E-state index in [1.807, 2.05) is 29.2 Å². The van der Waals surface area contributed by atoms with Crippen LogP contribution in [-0.4, -0.2) is 35.1 Å². The molecular formula is C26H23NO6S2. The lowest BCUT2D eigenvalue weighted by atomic mass is 9.94. The van der Waals surface area contributed by atoms with Gasteiger partial charge in [-0.15, -0.1) is 0 Å². The highest BCUT2D eigenvalue weighted by Gasteiger charge is 2.48. The first-order valence-electron chi connectivity index (χ1n) is 11.6. The highest BCUT2D eigenvalue weighted by Crippen LogP contribution is 2.49. The molecule has 2 aromatic heterocycles. The third-order valence-electron chi connectivity index (χ3n) is 7.08. The van der Waals surface area contributed by atoms with Crippen LogP contribution in [0.2, 0.25) is 0 Å².